The van der Waals surface area contributed by atoms with Crippen molar-refractivity contribution < 1.29 is 13.9 Å². The lowest BCUT2D eigenvalue weighted by Gasteiger charge is -2.07. The van der Waals surface area contributed by atoms with Crippen molar-refractivity contribution in [1.82, 2.24) is 15.0 Å². The number of hydrazone groups is 1. The topological polar surface area (TPSA) is 81.7 Å². The number of ether oxygens (including phenoxy) is 1. The highest BCUT2D eigenvalue weighted by atomic mass is 16.5. The maximum Gasteiger partial charge on any atom is 0.260 e. The Morgan fingerprint density at radius 1 is 1.00 bits per heavy atom. The Balaban J connectivity index is 1.22. The largest absolute Gasteiger partial charge is 0.489 e. The Bertz CT molecular complexity index is 1470. The molecule has 0 aliphatic rings. The summed E-state index contributed by atoms with van der Waals surface area (Å²) in [7, 11) is 0. The molecule has 0 bridgehead atoms. The zero-order valence-corrected chi connectivity index (χ0v) is 19.2. The molecule has 5 aromatic rings. The lowest BCUT2D eigenvalue weighted by atomic mass is 10.2. The van der Waals surface area contributed by atoms with Gasteiger partial charge in [-0.15, -0.1) is 0 Å². The molecule has 2 heterocycles. The van der Waals surface area contributed by atoms with Crippen molar-refractivity contribution in [3.63, 3.8) is 0 Å². The molecule has 3 aromatic carbocycles. The second-order valence-corrected chi connectivity index (χ2v) is 8.06. The fourth-order valence-corrected chi connectivity index (χ4v) is 3.73. The number of imidazole rings is 1. The number of aryl methyl sites for hydroxylation is 1. The van der Waals surface area contributed by atoms with Crippen molar-refractivity contribution in [2.75, 3.05) is 0 Å². The van der Waals surface area contributed by atoms with Crippen LogP contribution in [0.1, 0.15) is 16.9 Å². The van der Waals surface area contributed by atoms with E-state index in [-0.39, 0.29) is 12.5 Å². The van der Waals surface area contributed by atoms with Crippen molar-refractivity contribution >= 4 is 23.2 Å². The number of aromatic nitrogens is 2. The van der Waals surface area contributed by atoms with E-state index in [1.54, 1.807) is 6.21 Å². The Kier molecular flexibility index (Phi) is 6.39. The summed E-state index contributed by atoms with van der Waals surface area (Å²) in [5.74, 6) is 2.50. The zero-order valence-electron chi connectivity index (χ0n) is 19.2. The molecule has 7 nitrogen and oxygen atoms in total. The van der Waals surface area contributed by atoms with E-state index in [0.717, 1.165) is 33.7 Å². The van der Waals surface area contributed by atoms with Crippen LogP contribution in [-0.2, 0) is 17.9 Å². The van der Waals surface area contributed by atoms with E-state index in [1.165, 1.54) is 0 Å². The molecule has 0 saturated carbocycles. The molecule has 0 radical (unpaired) electrons. The summed E-state index contributed by atoms with van der Waals surface area (Å²) >= 11 is 0. The van der Waals surface area contributed by atoms with Crippen molar-refractivity contribution in [1.29, 1.82) is 0 Å². The molecule has 1 amide bonds. The molecule has 0 fully saturated rings. The Morgan fingerprint density at radius 3 is 2.54 bits per heavy atom. The molecule has 174 valence electrons. The number of carbonyl (C=O) groups excluding carboxylic acids is 1. The maximum atomic E-state index is 12.7. The van der Waals surface area contributed by atoms with Gasteiger partial charge in [-0.1, -0.05) is 42.5 Å². The van der Waals surface area contributed by atoms with Gasteiger partial charge in [-0.2, -0.15) is 5.10 Å². The molecule has 0 unspecified atom stereocenters. The van der Waals surface area contributed by atoms with E-state index in [1.807, 2.05) is 102 Å². The van der Waals surface area contributed by atoms with Gasteiger partial charge in [-0.05, 0) is 66.6 Å². The number of carbonyl (C=O) groups is 1. The molecule has 7 heteroatoms. The van der Waals surface area contributed by atoms with E-state index in [2.05, 4.69) is 15.5 Å². The molecule has 0 atom stereocenters. The van der Waals surface area contributed by atoms with Gasteiger partial charge >= 0.3 is 0 Å². The highest BCUT2D eigenvalue weighted by Crippen LogP contribution is 2.26. The number of benzene rings is 3. The van der Waals surface area contributed by atoms with Crippen LogP contribution in [0.25, 0.3) is 22.6 Å². The summed E-state index contributed by atoms with van der Waals surface area (Å²) < 4.78 is 13.4. The van der Waals surface area contributed by atoms with Crippen LogP contribution in [0, 0.1) is 6.92 Å². The number of furan rings is 1. The first-order valence-electron chi connectivity index (χ1n) is 11.3. The number of nitrogens with zero attached hydrogens (tertiary/aromatic N) is 3. The van der Waals surface area contributed by atoms with E-state index in [0.29, 0.717) is 18.2 Å². The quantitative estimate of drug-likeness (QED) is 0.248. The van der Waals surface area contributed by atoms with Crippen molar-refractivity contribution in [3.05, 3.63) is 108 Å². The first kappa shape index (κ1) is 22.2. The van der Waals surface area contributed by atoms with Gasteiger partial charge < -0.3 is 13.7 Å². The smallest absolute Gasteiger partial charge is 0.260 e. The Morgan fingerprint density at radius 2 is 1.77 bits per heavy atom. The first-order chi connectivity index (χ1) is 17.2. The minimum absolute atomic E-state index is 0.0548. The van der Waals surface area contributed by atoms with Crippen LogP contribution in [0.3, 0.4) is 0 Å². The van der Waals surface area contributed by atoms with Gasteiger partial charge in [0.2, 0.25) is 0 Å². The molecule has 0 saturated heterocycles. The lowest BCUT2D eigenvalue weighted by Crippen LogP contribution is -2.23. The second-order valence-electron chi connectivity index (χ2n) is 8.06. The number of amides is 1. The third-order valence-corrected chi connectivity index (χ3v) is 5.45. The summed E-state index contributed by atoms with van der Waals surface area (Å²) in [6, 6.07) is 28.9. The molecular weight excluding hydrogens is 440 g/mol. The fraction of sp³-hybridized carbons (Fsp3) is 0.107. The second kappa shape index (κ2) is 10.1. The average molecular weight is 465 g/mol. The van der Waals surface area contributed by atoms with E-state index >= 15 is 0 Å². The van der Waals surface area contributed by atoms with Crippen LogP contribution in [0.5, 0.6) is 5.75 Å². The number of hydrogen-bond acceptors (Lipinski definition) is 5. The highest BCUT2D eigenvalue weighted by molar-refractivity contribution is 5.85. The average Bonchev–Trinajstić information content (AvgIpc) is 3.48. The van der Waals surface area contributed by atoms with Gasteiger partial charge in [0.25, 0.3) is 5.91 Å². The SMILES string of the molecule is Cc1ccc(-c2nc3ccccc3n2CC(=O)N/N=C/c2ccc(OCc3ccccc3)cc2)o1. The van der Waals surface area contributed by atoms with Crippen molar-refractivity contribution in [2.24, 2.45) is 5.10 Å². The van der Waals surface area contributed by atoms with Gasteiger partial charge in [-0.3, -0.25) is 4.79 Å². The van der Waals surface area contributed by atoms with Crippen molar-refractivity contribution in [3.8, 4) is 17.3 Å². The molecule has 0 aliphatic carbocycles. The van der Waals surface area contributed by atoms with E-state index in [9.17, 15) is 4.79 Å². The summed E-state index contributed by atoms with van der Waals surface area (Å²) in [5.41, 5.74) is 6.19. The number of hydrogen-bond donors (Lipinski definition) is 1. The predicted octanol–water partition coefficient (Wildman–Crippen LogP) is 5.33. The number of nitrogens with one attached hydrogen (secondary N) is 1. The van der Waals surface area contributed by atoms with Crippen LogP contribution >= 0.6 is 0 Å². The third kappa shape index (κ3) is 5.30. The molecule has 0 spiro atoms. The normalized spacial score (nSPS) is 11.2. The standard InChI is InChI=1S/C28H24N4O3/c1-20-11-16-26(35-20)28-30-24-9-5-6-10-25(24)32(28)18-27(33)31-29-17-21-12-14-23(15-13-21)34-19-22-7-3-2-4-8-22/h2-17H,18-19H2,1H3,(H,31,33)/b29-17+. The van der Waals surface area contributed by atoms with Crippen molar-refractivity contribution in [2.45, 2.75) is 20.1 Å². The summed E-state index contributed by atoms with van der Waals surface area (Å²) in [6.45, 7) is 2.44. The highest BCUT2D eigenvalue weighted by Gasteiger charge is 2.17. The number of fused-ring (bicyclic) bond motifs is 1. The molecule has 35 heavy (non-hydrogen) atoms. The minimum Gasteiger partial charge on any atom is -0.489 e. The molecule has 2 aromatic heterocycles. The molecule has 5 rings (SSSR count). The van der Waals surface area contributed by atoms with Crippen LogP contribution in [0.4, 0.5) is 0 Å². The van der Waals surface area contributed by atoms with Gasteiger partial charge in [-0.25, -0.2) is 10.4 Å². The van der Waals surface area contributed by atoms with E-state index in [4.69, 9.17) is 9.15 Å². The van der Waals surface area contributed by atoms with Crippen LogP contribution in [-0.4, -0.2) is 21.7 Å². The zero-order chi connectivity index (χ0) is 24.0. The summed E-state index contributed by atoms with van der Waals surface area (Å²) in [6.07, 6.45) is 1.60. The molecule has 1 N–H and O–H groups in total. The van der Waals surface area contributed by atoms with Gasteiger partial charge in [0.05, 0.1) is 17.2 Å². The Hall–Kier alpha value is -4.65. The van der Waals surface area contributed by atoms with Gasteiger partial charge in [0.15, 0.2) is 11.6 Å². The Labute approximate surface area is 202 Å². The number of para-hydroxylation sites is 2. The van der Waals surface area contributed by atoms with Crippen LogP contribution in [0.2, 0.25) is 0 Å². The first-order valence-corrected chi connectivity index (χ1v) is 11.3. The predicted molar refractivity (Wildman–Crippen MR) is 135 cm³/mol. The third-order valence-electron chi connectivity index (χ3n) is 5.45. The molecular formula is C28H24N4O3. The monoisotopic (exact) mass is 464 g/mol. The van der Waals surface area contributed by atoms with Gasteiger partial charge in [0.1, 0.15) is 24.7 Å². The van der Waals surface area contributed by atoms with Crippen LogP contribution in [0.15, 0.2) is 101 Å². The summed E-state index contributed by atoms with van der Waals surface area (Å²) in [4.78, 5) is 17.3. The van der Waals surface area contributed by atoms with Crippen LogP contribution < -0.4 is 10.2 Å². The lowest BCUT2D eigenvalue weighted by molar-refractivity contribution is -0.121. The van der Waals surface area contributed by atoms with E-state index < -0.39 is 0 Å². The molecule has 0 aliphatic heterocycles. The minimum atomic E-state index is -0.267. The van der Waals surface area contributed by atoms with Gasteiger partial charge in [0, 0.05) is 0 Å². The summed E-state index contributed by atoms with van der Waals surface area (Å²) in [5, 5.41) is 4.11. The number of rotatable bonds is 8. The maximum absolute atomic E-state index is 12.7. The fourth-order valence-electron chi connectivity index (χ4n) is 3.73.